The second kappa shape index (κ2) is 6.01. The molecule has 1 aromatic carbocycles. The van der Waals surface area contributed by atoms with Gasteiger partial charge in [-0.2, -0.15) is 0 Å². The summed E-state index contributed by atoms with van der Waals surface area (Å²) in [5, 5.41) is 12.5. The summed E-state index contributed by atoms with van der Waals surface area (Å²) in [5.41, 5.74) is 0.747. The van der Waals surface area contributed by atoms with Gasteiger partial charge in [0, 0.05) is 24.8 Å². The SMILES string of the molecule is CCC1C(=O)NCCN1c1ccnc(-c2cccc(O)c2)n1. The van der Waals surface area contributed by atoms with Gasteiger partial charge in [0.1, 0.15) is 17.6 Å². The monoisotopic (exact) mass is 298 g/mol. The van der Waals surface area contributed by atoms with Gasteiger partial charge in [-0.1, -0.05) is 19.1 Å². The summed E-state index contributed by atoms with van der Waals surface area (Å²) in [5.74, 6) is 1.48. The van der Waals surface area contributed by atoms with Gasteiger partial charge in [0.25, 0.3) is 0 Å². The number of rotatable bonds is 3. The molecule has 1 amide bonds. The molecule has 6 heteroatoms. The van der Waals surface area contributed by atoms with Crippen LogP contribution in [0.25, 0.3) is 11.4 Å². The van der Waals surface area contributed by atoms with E-state index in [1.54, 1.807) is 24.4 Å². The van der Waals surface area contributed by atoms with E-state index in [1.165, 1.54) is 0 Å². The van der Waals surface area contributed by atoms with E-state index in [1.807, 2.05) is 24.0 Å². The van der Waals surface area contributed by atoms with Crippen LogP contribution in [0, 0.1) is 0 Å². The molecule has 1 aromatic heterocycles. The molecule has 22 heavy (non-hydrogen) atoms. The van der Waals surface area contributed by atoms with Crippen LogP contribution < -0.4 is 10.2 Å². The van der Waals surface area contributed by atoms with E-state index in [2.05, 4.69) is 15.3 Å². The fraction of sp³-hybridized carbons (Fsp3) is 0.312. The molecule has 1 fully saturated rings. The summed E-state index contributed by atoms with van der Waals surface area (Å²) in [7, 11) is 0. The Morgan fingerprint density at radius 1 is 1.41 bits per heavy atom. The van der Waals surface area contributed by atoms with Crippen LogP contribution in [0.2, 0.25) is 0 Å². The number of piperazine rings is 1. The predicted octanol–water partition coefficient (Wildman–Crippen LogP) is 1.56. The number of phenolic OH excluding ortho intramolecular Hbond substituents is 1. The summed E-state index contributed by atoms with van der Waals surface area (Å²) < 4.78 is 0. The lowest BCUT2D eigenvalue weighted by Crippen LogP contribution is -2.55. The van der Waals surface area contributed by atoms with Gasteiger partial charge in [-0.3, -0.25) is 4.79 Å². The molecular formula is C16H18N4O2. The van der Waals surface area contributed by atoms with Crippen molar-refractivity contribution >= 4 is 11.7 Å². The lowest BCUT2D eigenvalue weighted by molar-refractivity contribution is -0.123. The maximum absolute atomic E-state index is 12.0. The molecule has 1 unspecified atom stereocenters. The lowest BCUT2D eigenvalue weighted by Gasteiger charge is -2.35. The van der Waals surface area contributed by atoms with Gasteiger partial charge in [-0.05, 0) is 24.6 Å². The fourth-order valence-corrected chi connectivity index (χ4v) is 2.69. The molecule has 0 radical (unpaired) electrons. The molecule has 6 nitrogen and oxygen atoms in total. The average molecular weight is 298 g/mol. The van der Waals surface area contributed by atoms with Crippen molar-refractivity contribution < 1.29 is 9.90 Å². The van der Waals surface area contributed by atoms with Gasteiger partial charge in [0.05, 0.1) is 0 Å². The molecule has 2 heterocycles. The van der Waals surface area contributed by atoms with Crippen molar-refractivity contribution in [3.8, 4) is 17.1 Å². The molecule has 1 aliphatic heterocycles. The van der Waals surface area contributed by atoms with Crippen molar-refractivity contribution in [3.63, 3.8) is 0 Å². The highest BCUT2D eigenvalue weighted by Gasteiger charge is 2.29. The third-order valence-electron chi connectivity index (χ3n) is 3.76. The lowest BCUT2D eigenvalue weighted by atomic mass is 10.1. The molecule has 1 saturated heterocycles. The standard InChI is InChI=1S/C16H18N4O2/c1-2-13-16(22)18-8-9-20(13)14-6-7-17-15(19-14)11-4-3-5-12(21)10-11/h3-7,10,13,21H,2,8-9H2,1H3,(H,18,22). The summed E-state index contributed by atoms with van der Waals surface area (Å²) in [6.07, 6.45) is 2.40. The topological polar surface area (TPSA) is 78.4 Å². The predicted molar refractivity (Wildman–Crippen MR) is 83.6 cm³/mol. The smallest absolute Gasteiger partial charge is 0.242 e. The highest BCUT2D eigenvalue weighted by atomic mass is 16.3. The largest absolute Gasteiger partial charge is 0.508 e. The van der Waals surface area contributed by atoms with Gasteiger partial charge in [0.2, 0.25) is 5.91 Å². The fourth-order valence-electron chi connectivity index (χ4n) is 2.69. The minimum Gasteiger partial charge on any atom is -0.508 e. The minimum absolute atomic E-state index is 0.0336. The van der Waals surface area contributed by atoms with E-state index in [9.17, 15) is 9.90 Å². The van der Waals surface area contributed by atoms with E-state index in [4.69, 9.17) is 0 Å². The molecule has 0 aliphatic carbocycles. The van der Waals surface area contributed by atoms with Crippen molar-refractivity contribution in [3.05, 3.63) is 36.5 Å². The second-order valence-electron chi connectivity index (χ2n) is 5.20. The first-order chi connectivity index (χ1) is 10.7. The average Bonchev–Trinajstić information content (AvgIpc) is 2.55. The number of aromatic hydroxyl groups is 1. The van der Waals surface area contributed by atoms with E-state index in [0.717, 1.165) is 24.3 Å². The van der Waals surface area contributed by atoms with Crippen LogP contribution in [-0.2, 0) is 4.79 Å². The van der Waals surface area contributed by atoms with Crippen molar-refractivity contribution in [2.75, 3.05) is 18.0 Å². The van der Waals surface area contributed by atoms with E-state index < -0.39 is 0 Å². The zero-order valence-corrected chi connectivity index (χ0v) is 12.4. The number of nitrogens with zero attached hydrogens (tertiary/aromatic N) is 3. The minimum atomic E-state index is -0.208. The summed E-state index contributed by atoms with van der Waals surface area (Å²) >= 11 is 0. The molecular weight excluding hydrogens is 280 g/mol. The van der Waals surface area contributed by atoms with Crippen molar-refractivity contribution in [2.45, 2.75) is 19.4 Å². The molecule has 0 spiro atoms. The molecule has 1 aliphatic rings. The van der Waals surface area contributed by atoms with E-state index >= 15 is 0 Å². The third kappa shape index (κ3) is 2.72. The Kier molecular flexibility index (Phi) is 3.91. The Hall–Kier alpha value is -2.63. The van der Waals surface area contributed by atoms with Gasteiger partial charge >= 0.3 is 0 Å². The number of carbonyl (C=O) groups is 1. The first kappa shape index (κ1) is 14.3. The van der Waals surface area contributed by atoms with Crippen LogP contribution >= 0.6 is 0 Å². The molecule has 0 saturated carbocycles. The van der Waals surface area contributed by atoms with Crippen LogP contribution in [-0.4, -0.2) is 40.1 Å². The first-order valence-corrected chi connectivity index (χ1v) is 7.36. The summed E-state index contributed by atoms with van der Waals surface area (Å²) in [4.78, 5) is 22.8. The summed E-state index contributed by atoms with van der Waals surface area (Å²) in [6, 6.07) is 8.44. The highest BCUT2D eigenvalue weighted by molar-refractivity contribution is 5.86. The molecule has 0 bridgehead atoms. The number of hydrogen-bond acceptors (Lipinski definition) is 5. The summed E-state index contributed by atoms with van der Waals surface area (Å²) in [6.45, 7) is 3.32. The van der Waals surface area contributed by atoms with Gasteiger partial charge in [-0.25, -0.2) is 9.97 Å². The van der Waals surface area contributed by atoms with Gasteiger partial charge in [0.15, 0.2) is 5.82 Å². The zero-order chi connectivity index (χ0) is 15.5. The van der Waals surface area contributed by atoms with Crippen LogP contribution in [0.15, 0.2) is 36.5 Å². The second-order valence-corrected chi connectivity index (χ2v) is 5.20. The van der Waals surface area contributed by atoms with Crippen molar-refractivity contribution in [2.24, 2.45) is 0 Å². The first-order valence-electron chi connectivity index (χ1n) is 7.36. The quantitative estimate of drug-likeness (QED) is 0.899. The Bertz CT molecular complexity index is 689. The number of hydrogen-bond donors (Lipinski definition) is 2. The van der Waals surface area contributed by atoms with Crippen molar-refractivity contribution in [1.29, 1.82) is 0 Å². The Labute approximate surface area is 128 Å². The Morgan fingerprint density at radius 2 is 2.27 bits per heavy atom. The Balaban J connectivity index is 1.95. The van der Waals surface area contributed by atoms with Gasteiger partial charge in [-0.15, -0.1) is 0 Å². The van der Waals surface area contributed by atoms with Crippen LogP contribution in [0.3, 0.4) is 0 Å². The maximum atomic E-state index is 12.0. The number of benzene rings is 1. The number of nitrogens with one attached hydrogen (secondary N) is 1. The number of phenols is 1. The highest BCUT2D eigenvalue weighted by Crippen LogP contribution is 2.23. The normalized spacial score (nSPS) is 18.1. The Morgan fingerprint density at radius 3 is 3.05 bits per heavy atom. The number of amides is 1. The third-order valence-corrected chi connectivity index (χ3v) is 3.76. The van der Waals surface area contributed by atoms with Crippen LogP contribution in [0.1, 0.15) is 13.3 Å². The number of anilines is 1. The van der Waals surface area contributed by atoms with E-state index in [0.29, 0.717) is 12.4 Å². The molecule has 1 atom stereocenters. The zero-order valence-electron chi connectivity index (χ0n) is 12.4. The van der Waals surface area contributed by atoms with Crippen LogP contribution in [0.5, 0.6) is 5.75 Å². The number of aromatic nitrogens is 2. The molecule has 2 aromatic rings. The van der Waals surface area contributed by atoms with Crippen molar-refractivity contribution in [1.82, 2.24) is 15.3 Å². The van der Waals surface area contributed by atoms with Gasteiger partial charge < -0.3 is 15.3 Å². The van der Waals surface area contributed by atoms with E-state index in [-0.39, 0.29) is 17.7 Å². The molecule has 3 rings (SSSR count). The number of carbonyl (C=O) groups excluding carboxylic acids is 1. The molecule has 2 N–H and O–H groups in total. The maximum Gasteiger partial charge on any atom is 0.242 e. The van der Waals surface area contributed by atoms with Crippen LogP contribution in [0.4, 0.5) is 5.82 Å². The molecule has 114 valence electrons.